The minimum absolute atomic E-state index is 0.185. The van der Waals surface area contributed by atoms with Gasteiger partial charge in [0.1, 0.15) is 5.75 Å². The molecule has 0 bridgehead atoms. The first-order valence-corrected chi connectivity index (χ1v) is 10.6. The third kappa shape index (κ3) is 5.63. The molecule has 3 aromatic rings. The molecule has 1 aliphatic carbocycles. The molecule has 1 heterocycles. The van der Waals surface area contributed by atoms with Crippen molar-refractivity contribution in [3.8, 4) is 5.75 Å². The first-order valence-electron chi connectivity index (χ1n) is 10.6. The quantitative estimate of drug-likeness (QED) is 0.590. The minimum atomic E-state index is -0.185. The Kier molecular flexibility index (Phi) is 6.65. The summed E-state index contributed by atoms with van der Waals surface area (Å²) in [5.74, 6) is 0.906. The fraction of sp³-hybridized carbons (Fsp3) is 0.333. The summed E-state index contributed by atoms with van der Waals surface area (Å²) >= 11 is 0. The van der Waals surface area contributed by atoms with Gasteiger partial charge in [-0.3, -0.25) is 4.68 Å². The van der Waals surface area contributed by atoms with Crippen LogP contribution >= 0.6 is 0 Å². The lowest BCUT2D eigenvalue weighted by Gasteiger charge is -2.14. The van der Waals surface area contributed by atoms with Crippen LogP contribution in [0.3, 0.4) is 0 Å². The monoisotopic (exact) mass is 404 g/mol. The van der Waals surface area contributed by atoms with Crippen molar-refractivity contribution in [2.45, 2.75) is 51.4 Å². The first-order chi connectivity index (χ1) is 14.8. The summed E-state index contributed by atoms with van der Waals surface area (Å²) < 4.78 is 7.86. The lowest BCUT2D eigenvalue weighted by atomic mass is 10.1. The molecular weight excluding hydrogens is 376 g/mol. The van der Waals surface area contributed by atoms with Crippen LogP contribution in [0, 0.1) is 0 Å². The van der Waals surface area contributed by atoms with Gasteiger partial charge in [-0.15, -0.1) is 0 Å². The Bertz CT molecular complexity index is 932. The van der Waals surface area contributed by atoms with Crippen LogP contribution in [0.15, 0.2) is 67.0 Å². The van der Waals surface area contributed by atoms with Crippen LogP contribution in [0.5, 0.6) is 5.75 Å². The molecule has 0 unspecified atom stereocenters. The van der Waals surface area contributed by atoms with Crippen molar-refractivity contribution in [1.82, 2.24) is 20.4 Å². The molecule has 1 aromatic heterocycles. The van der Waals surface area contributed by atoms with E-state index in [1.54, 1.807) is 6.20 Å². The smallest absolute Gasteiger partial charge is 0.315 e. The zero-order valence-corrected chi connectivity index (χ0v) is 17.1. The van der Waals surface area contributed by atoms with Gasteiger partial charge in [0.05, 0.1) is 12.6 Å². The molecule has 0 atom stereocenters. The van der Waals surface area contributed by atoms with Crippen molar-refractivity contribution in [2.24, 2.45) is 0 Å². The van der Waals surface area contributed by atoms with E-state index in [1.165, 1.54) is 12.8 Å². The number of urea groups is 1. The van der Waals surface area contributed by atoms with E-state index in [2.05, 4.69) is 21.8 Å². The normalized spacial score (nSPS) is 13.9. The number of nitrogens with zero attached hydrogens (tertiary/aromatic N) is 2. The maximum absolute atomic E-state index is 12.3. The van der Waals surface area contributed by atoms with E-state index >= 15 is 0 Å². The molecule has 2 aromatic carbocycles. The first kappa shape index (κ1) is 20.0. The Hall–Kier alpha value is -3.28. The van der Waals surface area contributed by atoms with Crippen molar-refractivity contribution in [3.05, 3.63) is 83.7 Å². The van der Waals surface area contributed by atoms with Gasteiger partial charge in [0.25, 0.3) is 0 Å². The van der Waals surface area contributed by atoms with Gasteiger partial charge in [0.15, 0.2) is 0 Å². The Balaban J connectivity index is 1.23. The number of amides is 2. The molecule has 0 radical (unpaired) electrons. The van der Waals surface area contributed by atoms with Crippen LogP contribution in [0.4, 0.5) is 4.79 Å². The van der Waals surface area contributed by atoms with Gasteiger partial charge < -0.3 is 15.4 Å². The molecule has 2 N–H and O–H groups in total. The van der Waals surface area contributed by atoms with Gasteiger partial charge in [-0.2, -0.15) is 5.10 Å². The standard InChI is InChI=1S/C24H28N4O2/c29-24(25-16-19-10-12-23(13-11-19)30-22-8-3-4-9-22)26-17-20-6-1-2-7-21(20)18-28-15-5-14-27-28/h1-2,5-7,10-15,22H,3-4,8-9,16-18H2,(H2,25,26,29). The molecule has 2 amide bonds. The highest BCUT2D eigenvalue weighted by atomic mass is 16.5. The number of hydrogen-bond acceptors (Lipinski definition) is 3. The average Bonchev–Trinajstić information content (AvgIpc) is 3.47. The third-order valence-electron chi connectivity index (χ3n) is 5.43. The highest BCUT2D eigenvalue weighted by Gasteiger charge is 2.16. The molecule has 156 valence electrons. The Labute approximate surface area is 177 Å². The second kappa shape index (κ2) is 9.96. The van der Waals surface area contributed by atoms with Gasteiger partial charge in [-0.25, -0.2) is 4.79 Å². The number of nitrogens with one attached hydrogen (secondary N) is 2. The van der Waals surface area contributed by atoms with E-state index in [0.717, 1.165) is 35.3 Å². The molecule has 0 spiro atoms. The number of carbonyl (C=O) groups is 1. The molecule has 30 heavy (non-hydrogen) atoms. The van der Waals surface area contributed by atoms with Crippen LogP contribution in [-0.2, 0) is 19.6 Å². The summed E-state index contributed by atoms with van der Waals surface area (Å²) in [6.07, 6.45) is 8.87. The molecule has 1 aliphatic rings. The van der Waals surface area contributed by atoms with E-state index in [-0.39, 0.29) is 6.03 Å². The zero-order valence-electron chi connectivity index (χ0n) is 17.1. The molecule has 6 nitrogen and oxygen atoms in total. The highest BCUT2D eigenvalue weighted by Crippen LogP contribution is 2.24. The fourth-order valence-electron chi connectivity index (χ4n) is 3.76. The van der Waals surface area contributed by atoms with Gasteiger partial charge in [0.2, 0.25) is 0 Å². The van der Waals surface area contributed by atoms with Gasteiger partial charge in [-0.05, 0) is 60.6 Å². The second-order valence-electron chi connectivity index (χ2n) is 7.68. The maximum Gasteiger partial charge on any atom is 0.315 e. The third-order valence-corrected chi connectivity index (χ3v) is 5.43. The van der Waals surface area contributed by atoms with Crippen molar-refractivity contribution in [3.63, 3.8) is 0 Å². The van der Waals surface area contributed by atoms with Crippen molar-refractivity contribution in [1.29, 1.82) is 0 Å². The van der Waals surface area contributed by atoms with E-state index in [9.17, 15) is 4.79 Å². The number of hydrogen-bond donors (Lipinski definition) is 2. The molecule has 6 heteroatoms. The maximum atomic E-state index is 12.3. The Morgan fingerprint density at radius 2 is 1.70 bits per heavy atom. The molecule has 0 aliphatic heterocycles. The lowest BCUT2D eigenvalue weighted by Crippen LogP contribution is -2.34. The Morgan fingerprint density at radius 3 is 2.43 bits per heavy atom. The molecule has 0 saturated heterocycles. The predicted octanol–water partition coefficient (Wildman–Crippen LogP) is 4.25. The Morgan fingerprint density at radius 1 is 0.967 bits per heavy atom. The van der Waals surface area contributed by atoms with Crippen molar-refractivity contribution in [2.75, 3.05) is 0 Å². The van der Waals surface area contributed by atoms with Crippen LogP contribution in [0.1, 0.15) is 42.4 Å². The summed E-state index contributed by atoms with van der Waals surface area (Å²) in [7, 11) is 0. The van der Waals surface area contributed by atoms with Gasteiger partial charge >= 0.3 is 6.03 Å². The van der Waals surface area contributed by atoms with Gasteiger partial charge in [0, 0.05) is 25.5 Å². The van der Waals surface area contributed by atoms with Crippen LogP contribution < -0.4 is 15.4 Å². The molecule has 1 fully saturated rings. The van der Waals surface area contributed by atoms with Crippen molar-refractivity contribution < 1.29 is 9.53 Å². The molecule has 1 saturated carbocycles. The number of ether oxygens (including phenoxy) is 1. The zero-order chi connectivity index (χ0) is 20.6. The van der Waals surface area contributed by atoms with Gasteiger partial charge in [-0.1, -0.05) is 36.4 Å². The largest absolute Gasteiger partial charge is 0.490 e. The summed E-state index contributed by atoms with van der Waals surface area (Å²) in [5.41, 5.74) is 3.26. The lowest BCUT2D eigenvalue weighted by molar-refractivity contribution is 0.210. The van der Waals surface area contributed by atoms with Crippen LogP contribution in [-0.4, -0.2) is 21.9 Å². The SMILES string of the molecule is O=C(NCc1ccc(OC2CCCC2)cc1)NCc1ccccc1Cn1cccn1. The number of rotatable bonds is 8. The van der Waals surface area contributed by atoms with Crippen LogP contribution in [0.25, 0.3) is 0 Å². The minimum Gasteiger partial charge on any atom is -0.490 e. The van der Waals surface area contributed by atoms with E-state index in [0.29, 0.717) is 25.7 Å². The van der Waals surface area contributed by atoms with E-state index < -0.39 is 0 Å². The highest BCUT2D eigenvalue weighted by molar-refractivity contribution is 5.73. The summed E-state index contributed by atoms with van der Waals surface area (Å²) in [4.78, 5) is 12.3. The van der Waals surface area contributed by atoms with Crippen molar-refractivity contribution >= 4 is 6.03 Å². The topological polar surface area (TPSA) is 68.2 Å². The summed E-state index contributed by atoms with van der Waals surface area (Å²) in [6, 6.07) is 17.8. The van der Waals surface area contributed by atoms with Crippen LogP contribution in [0.2, 0.25) is 0 Å². The molecule has 4 rings (SSSR count). The average molecular weight is 405 g/mol. The summed E-state index contributed by atoms with van der Waals surface area (Å²) in [5, 5.41) is 10.1. The second-order valence-corrected chi connectivity index (χ2v) is 7.68. The number of aromatic nitrogens is 2. The predicted molar refractivity (Wildman–Crippen MR) is 116 cm³/mol. The molecular formula is C24H28N4O2. The fourth-order valence-corrected chi connectivity index (χ4v) is 3.76. The van der Waals surface area contributed by atoms with E-state index in [4.69, 9.17) is 4.74 Å². The van der Waals surface area contributed by atoms with E-state index in [1.807, 2.05) is 59.4 Å². The number of benzene rings is 2. The number of carbonyl (C=O) groups excluding carboxylic acids is 1. The summed E-state index contributed by atoms with van der Waals surface area (Å²) in [6.45, 7) is 1.63.